The summed E-state index contributed by atoms with van der Waals surface area (Å²) in [7, 11) is 1.58. The van der Waals surface area contributed by atoms with Crippen LogP contribution in [0.4, 0.5) is 5.69 Å². The number of nitrogens with zero attached hydrogens (tertiary/aromatic N) is 3. The van der Waals surface area contributed by atoms with Crippen LogP contribution >= 0.6 is 0 Å². The van der Waals surface area contributed by atoms with Crippen molar-refractivity contribution in [2.24, 2.45) is 5.41 Å². The van der Waals surface area contributed by atoms with Gasteiger partial charge < -0.3 is 14.6 Å². The van der Waals surface area contributed by atoms with Crippen molar-refractivity contribution in [1.82, 2.24) is 9.55 Å². The van der Waals surface area contributed by atoms with Gasteiger partial charge in [0.15, 0.2) is 0 Å². The number of imidazole rings is 1. The van der Waals surface area contributed by atoms with Crippen LogP contribution in [-0.2, 0) is 0 Å². The summed E-state index contributed by atoms with van der Waals surface area (Å²) >= 11 is 0. The Kier molecular flexibility index (Phi) is 4.30. The molecule has 24 heavy (non-hydrogen) atoms. The summed E-state index contributed by atoms with van der Waals surface area (Å²) in [4.78, 5) is 4.14. The highest BCUT2D eigenvalue weighted by atomic mass is 16.5. The summed E-state index contributed by atoms with van der Waals surface area (Å²) in [6.45, 7) is 4.54. The smallest absolute Gasteiger partial charge is 0.138 e. The Balaban J connectivity index is 1.89. The highest BCUT2D eigenvalue weighted by molar-refractivity contribution is 5.58. The van der Waals surface area contributed by atoms with Gasteiger partial charge in [0.25, 0.3) is 0 Å². The van der Waals surface area contributed by atoms with E-state index in [-0.39, 0.29) is 11.5 Å². The van der Waals surface area contributed by atoms with Crippen molar-refractivity contribution in [1.29, 1.82) is 5.26 Å². The first-order valence-corrected chi connectivity index (χ1v) is 8.07. The Hall–Kier alpha value is -2.74. The first-order valence-electron chi connectivity index (χ1n) is 8.07. The standard InChI is InChI=1S/C19H22N4O/c1-19(2)7-6-16(23-9-8-21-13-23)11-18(19)22-15-5-4-14(12-20)17(10-15)24-3/h4-5,8-11,13,18,22H,6-7H2,1-3H3. The van der Waals surface area contributed by atoms with E-state index >= 15 is 0 Å². The van der Waals surface area contributed by atoms with Crippen LogP contribution in [0.3, 0.4) is 0 Å². The molecule has 1 aliphatic rings. The van der Waals surface area contributed by atoms with Crippen molar-refractivity contribution in [3.05, 3.63) is 48.6 Å². The average molecular weight is 322 g/mol. The van der Waals surface area contributed by atoms with Crippen LogP contribution in [-0.4, -0.2) is 22.7 Å². The largest absolute Gasteiger partial charge is 0.495 e. The quantitative estimate of drug-likeness (QED) is 0.927. The molecule has 1 atom stereocenters. The van der Waals surface area contributed by atoms with E-state index in [4.69, 9.17) is 10.00 Å². The number of ether oxygens (including phenoxy) is 1. The van der Waals surface area contributed by atoms with Crippen molar-refractivity contribution >= 4 is 11.4 Å². The normalized spacial score (nSPS) is 19.2. The maximum Gasteiger partial charge on any atom is 0.138 e. The van der Waals surface area contributed by atoms with E-state index < -0.39 is 0 Å². The van der Waals surface area contributed by atoms with Gasteiger partial charge in [-0.25, -0.2) is 4.98 Å². The van der Waals surface area contributed by atoms with Gasteiger partial charge in [-0.3, -0.25) is 0 Å². The number of methoxy groups -OCH3 is 1. The van der Waals surface area contributed by atoms with Gasteiger partial charge in [0.1, 0.15) is 11.8 Å². The van der Waals surface area contributed by atoms with E-state index in [1.807, 2.05) is 24.7 Å². The zero-order chi connectivity index (χ0) is 17.2. The molecule has 1 aliphatic carbocycles. The van der Waals surface area contributed by atoms with E-state index in [0.717, 1.165) is 18.5 Å². The van der Waals surface area contributed by atoms with Crippen molar-refractivity contribution in [3.8, 4) is 11.8 Å². The Morgan fingerprint density at radius 1 is 1.42 bits per heavy atom. The molecule has 0 spiro atoms. The van der Waals surface area contributed by atoms with E-state index in [9.17, 15) is 0 Å². The van der Waals surface area contributed by atoms with Gasteiger partial charge in [-0.1, -0.05) is 13.8 Å². The summed E-state index contributed by atoms with van der Waals surface area (Å²) in [5, 5.41) is 12.7. The second kappa shape index (κ2) is 6.40. The fourth-order valence-electron chi connectivity index (χ4n) is 3.04. The highest BCUT2D eigenvalue weighted by Crippen LogP contribution is 2.38. The lowest BCUT2D eigenvalue weighted by molar-refractivity contribution is 0.304. The van der Waals surface area contributed by atoms with Crippen molar-refractivity contribution < 1.29 is 4.74 Å². The van der Waals surface area contributed by atoms with Crippen LogP contribution < -0.4 is 10.1 Å². The minimum absolute atomic E-state index is 0.130. The van der Waals surface area contributed by atoms with Crippen LogP contribution in [0.25, 0.3) is 5.70 Å². The van der Waals surface area contributed by atoms with Crippen molar-refractivity contribution in [2.75, 3.05) is 12.4 Å². The third kappa shape index (κ3) is 3.13. The number of benzene rings is 1. The Labute approximate surface area is 142 Å². The summed E-state index contributed by atoms with van der Waals surface area (Å²) in [6.07, 6.45) is 10.0. The molecule has 1 unspecified atom stereocenters. The Morgan fingerprint density at radius 3 is 2.92 bits per heavy atom. The number of nitrogens with one attached hydrogen (secondary N) is 1. The molecule has 0 saturated carbocycles. The second-order valence-corrected chi connectivity index (χ2v) is 6.77. The van der Waals surface area contributed by atoms with Gasteiger partial charge in [-0.2, -0.15) is 5.26 Å². The molecule has 3 rings (SSSR count). The van der Waals surface area contributed by atoms with Crippen molar-refractivity contribution in [2.45, 2.75) is 32.7 Å². The number of allylic oxidation sites excluding steroid dienone is 1. The third-order valence-corrected chi connectivity index (χ3v) is 4.71. The Morgan fingerprint density at radius 2 is 2.25 bits per heavy atom. The SMILES string of the molecule is COc1cc(NC2C=C(n3ccnc3)CCC2(C)C)ccc1C#N. The zero-order valence-electron chi connectivity index (χ0n) is 14.3. The predicted octanol–water partition coefficient (Wildman–Crippen LogP) is 3.90. The Bertz CT molecular complexity index is 784. The third-order valence-electron chi connectivity index (χ3n) is 4.71. The molecule has 0 aliphatic heterocycles. The van der Waals surface area contributed by atoms with Gasteiger partial charge in [0.2, 0.25) is 0 Å². The maximum atomic E-state index is 9.12. The lowest BCUT2D eigenvalue weighted by atomic mass is 9.75. The first kappa shape index (κ1) is 16.1. The number of hydrogen-bond acceptors (Lipinski definition) is 4. The monoisotopic (exact) mass is 322 g/mol. The van der Waals surface area contributed by atoms with E-state index in [2.05, 4.69) is 40.9 Å². The number of anilines is 1. The molecule has 0 saturated heterocycles. The minimum Gasteiger partial charge on any atom is -0.495 e. The molecule has 2 aromatic rings. The molecule has 0 amide bonds. The molecular formula is C19H22N4O. The van der Waals surface area contributed by atoms with E-state index in [1.54, 1.807) is 19.4 Å². The van der Waals surface area contributed by atoms with Gasteiger partial charge in [0.05, 0.1) is 25.0 Å². The maximum absolute atomic E-state index is 9.12. The first-order chi connectivity index (χ1) is 11.5. The van der Waals surface area contributed by atoms with Gasteiger partial charge >= 0.3 is 0 Å². The molecule has 1 aromatic carbocycles. The van der Waals surface area contributed by atoms with Gasteiger partial charge in [-0.05, 0) is 36.5 Å². The second-order valence-electron chi connectivity index (χ2n) is 6.77. The number of rotatable bonds is 4. The average Bonchev–Trinajstić information content (AvgIpc) is 3.11. The lowest BCUT2D eigenvalue weighted by Crippen LogP contribution is -2.37. The summed E-state index contributed by atoms with van der Waals surface area (Å²) < 4.78 is 7.38. The minimum atomic E-state index is 0.130. The van der Waals surface area contributed by atoms with Crippen LogP contribution in [0.1, 0.15) is 32.3 Å². The number of hydrogen-bond donors (Lipinski definition) is 1. The molecule has 1 heterocycles. The molecular weight excluding hydrogens is 300 g/mol. The van der Waals surface area contributed by atoms with Crippen LogP contribution in [0.15, 0.2) is 43.0 Å². The number of aromatic nitrogens is 2. The molecule has 1 aromatic heterocycles. The van der Waals surface area contributed by atoms with Crippen molar-refractivity contribution in [3.63, 3.8) is 0 Å². The van der Waals surface area contributed by atoms with Crippen LogP contribution in [0.5, 0.6) is 5.75 Å². The molecule has 5 heteroatoms. The molecule has 5 nitrogen and oxygen atoms in total. The summed E-state index contributed by atoms with van der Waals surface area (Å²) in [5.74, 6) is 0.593. The molecule has 1 N–H and O–H groups in total. The molecule has 0 fully saturated rings. The predicted molar refractivity (Wildman–Crippen MR) is 94.6 cm³/mol. The zero-order valence-corrected chi connectivity index (χ0v) is 14.3. The molecule has 0 bridgehead atoms. The molecule has 124 valence electrons. The lowest BCUT2D eigenvalue weighted by Gasteiger charge is -2.38. The fraction of sp³-hybridized carbons (Fsp3) is 0.368. The summed E-state index contributed by atoms with van der Waals surface area (Å²) in [5.41, 5.74) is 2.88. The van der Waals surface area contributed by atoms with E-state index in [0.29, 0.717) is 11.3 Å². The topological polar surface area (TPSA) is 62.9 Å². The van der Waals surface area contributed by atoms with E-state index in [1.165, 1.54) is 5.70 Å². The fourth-order valence-corrected chi connectivity index (χ4v) is 3.04. The van der Waals surface area contributed by atoms with Crippen LogP contribution in [0.2, 0.25) is 0 Å². The van der Waals surface area contributed by atoms with Gasteiger partial charge in [0, 0.05) is 29.8 Å². The highest BCUT2D eigenvalue weighted by Gasteiger charge is 2.32. The number of nitriles is 1. The van der Waals surface area contributed by atoms with Gasteiger partial charge in [-0.15, -0.1) is 0 Å². The van der Waals surface area contributed by atoms with Crippen LogP contribution in [0, 0.1) is 16.7 Å². The molecule has 0 radical (unpaired) electrons. The summed E-state index contributed by atoms with van der Waals surface area (Å²) in [6, 6.07) is 7.93.